The highest BCUT2D eigenvalue weighted by atomic mass is 79.9. The third-order valence-electron chi connectivity index (χ3n) is 2.39. The highest BCUT2D eigenvalue weighted by Gasteiger charge is 2.10. The van der Waals surface area contributed by atoms with Crippen molar-refractivity contribution < 1.29 is 9.90 Å². The molecule has 0 fully saturated rings. The number of phenols is 1. The Labute approximate surface area is 128 Å². The molecule has 98 valence electrons. The highest BCUT2D eigenvalue weighted by molar-refractivity contribution is 9.10. The first-order valence-corrected chi connectivity index (χ1v) is 6.77. The maximum absolute atomic E-state index is 12.0. The van der Waals surface area contributed by atoms with Crippen LogP contribution in [0.25, 0.3) is 0 Å². The minimum atomic E-state index is -0.355. The van der Waals surface area contributed by atoms with E-state index in [-0.39, 0.29) is 16.7 Å². The largest absolute Gasteiger partial charge is 0.506 e. The van der Waals surface area contributed by atoms with Gasteiger partial charge in [-0.15, -0.1) is 0 Å². The molecule has 0 aromatic heterocycles. The number of aromatic hydroxyl groups is 1. The molecule has 0 heterocycles. The van der Waals surface area contributed by atoms with Crippen LogP contribution in [0.3, 0.4) is 0 Å². The summed E-state index contributed by atoms with van der Waals surface area (Å²) >= 11 is 15.0. The summed E-state index contributed by atoms with van der Waals surface area (Å²) in [4.78, 5) is 12.0. The summed E-state index contributed by atoms with van der Waals surface area (Å²) in [6, 6.07) is 9.36. The average Bonchev–Trinajstić information content (AvgIpc) is 2.36. The van der Waals surface area contributed by atoms with Gasteiger partial charge in [0.15, 0.2) is 0 Å². The van der Waals surface area contributed by atoms with Crippen molar-refractivity contribution >= 4 is 50.7 Å². The van der Waals surface area contributed by atoms with Gasteiger partial charge in [-0.1, -0.05) is 39.1 Å². The smallest absolute Gasteiger partial charge is 0.255 e. The first kappa shape index (κ1) is 14.2. The van der Waals surface area contributed by atoms with Crippen LogP contribution in [-0.2, 0) is 0 Å². The molecule has 2 N–H and O–H groups in total. The molecule has 3 nitrogen and oxygen atoms in total. The number of hydrogen-bond acceptors (Lipinski definition) is 2. The van der Waals surface area contributed by atoms with Gasteiger partial charge in [0, 0.05) is 10.0 Å². The standard InChI is InChI=1S/C13H8BrCl2NO2/c14-8-2-3-11(9(15)6-8)17-13(19)7-1-4-12(18)10(16)5-7/h1-6,18H,(H,17,19). The molecule has 2 aromatic rings. The average molecular weight is 361 g/mol. The molecular formula is C13H8BrCl2NO2. The fraction of sp³-hybridized carbons (Fsp3) is 0. The van der Waals surface area contributed by atoms with E-state index in [4.69, 9.17) is 23.2 Å². The fourth-order valence-corrected chi connectivity index (χ4v) is 2.33. The maximum Gasteiger partial charge on any atom is 0.255 e. The van der Waals surface area contributed by atoms with E-state index >= 15 is 0 Å². The molecular weight excluding hydrogens is 353 g/mol. The first-order valence-electron chi connectivity index (χ1n) is 5.22. The van der Waals surface area contributed by atoms with E-state index in [2.05, 4.69) is 21.2 Å². The van der Waals surface area contributed by atoms with Gasteiger partial charge in [-0.2, -0.15) is 0 Å². The molecule has 0 aliphatic rings. The Morgan fingerprint density at radius 3 is 2.47 bits per heavy atom. The topological polar surface area (TPSA) is 49.3 Å². The molecule has 0 bridgehead atoms. The molecule has 6 heteroatoms. The Balaban J connectivity index is 2.23. The van der Waals surface area contributed by atoms with Gasteiger partial charge in [0.1, 0.15) is 5.75 Å². The quantitative estimate of drug-likeness (QED) is 0.814. The number of rotatable bonds is 2. The summed E-state index contributed by atoms with van der Waals surface area (Å²) in [5, 5.41) is 12.5. The Bertz CT molecular complexity index is 647. The summed E-state index contributed by atoms with van der Waals surface area (Å²) in [6.45, 7) is 0. The number of benzene rings is 2. The van der Waals surface area contributed by atoms with Crippen molar-refractivity contribution in [2.75, 3.05) is 5.32 Å². The Morgan fingerprint density at radius 1 is 1.11 bits per heavy atom. The van der Waals surface area contributed by atoms with Crippen LogP contribution in [0, 0.1) is 0 Å². The van der Waals surface area contributed by atoms with Crippen molar-refractivity contribution in [3.63, 3.8) is 0 Å². The van der Waals surface area contributed by atoms with Gasteiger partial charge in [0.2, 0.25) is 0 Å². The van der Waals surface area contributed by atoms with E-state index in [1.54, 1.807) is 18.2 Å². The van der Waals surface area contributed by atoms with Crippen molar-refractivity contribution in [1.82, 2.24) is 0 Å². The zero-order chi connectivity index (χ0) is 14.0. The Hall–Kier alpha value is -1.23. The molecule has 0 atom stereocenters. The van der Waals surface area contributed by atoms with Crippen LogP contribution in [0.2, 0.25) is 10.0 Å². The van der Waals surface area contributed by atoms with Gasteiger partial charge < -0.3 is 10.4 Å². The Kier molecular flexibility index (Phi) is 4.34. The fourth-order valence-electron chi connectivity index (χ4n) is 1.43. The third-order valence-corrected chi connectivity index (χ3v) is 3.50. The predicted octanol–water partition coefficient (Wildman–Crippen LogP) is 4.71. The van der Waals surface area contributed by atoms with Crippen LogP contribution in [0.4, 0.5) is 5.69 Å². The summed E-state index contributed by atoms with van der Waals surface area (Å²) < 4.78 is 0.822. The van der Waals surface area contributed by atoms with Crippen molar-refractivity contribution in [2.24, 2.45) is 0 Å². The number of anilines is 1. The molecule has 0 spiro atoms. The van der Waals surface area contributed by atoms with Crippen LogP contribution in [0.5, 0.6) is 5.75 Å². The molecule has 1 amide bonds. The normalized spacial score (nSPS) is 10.3. The van der Waals surface area contributed by atoms with Gasteiger partial charge in [0.25, 0.3) is 5.91 Å². The second kappa shape index (κ2) is 5.82. The van der Waals surface area contributed by atoms with E-state index in [1.165, 1.54) is 18.2 Å². The summed E-state index contributed by atoms with van der Waals surface area (Å²) in [5.41, 5.74) is 0.834. The lowest BCUT2D eigenvalue weighted by Crippen LogP contribution is -2.12. The summed E-state index contributed by atoms with van der Waals surface area (Å²) in [5.74, 6) is -0.425. The van der Waals surface area contributed by atoms with Crippen molar-refractivity contribution in [3.8, 4) is 5.75 Å². The van der Waals surface area contributed by atoms with Crippen LogP contribution in [0.1, 0.15) is 10.4 Å². The molecule has 2 rings (SSSR count). The predicted molar refractivity (Wildman–Crippen MR) is 80.2 cm³/mol. The molecule has 2 aromatic carbocycles. The zero-order valence-electron chi connectivity index (χ0n) is 9.45. The number of phenolic OH excluding ortho intramolecular Hbond substituents is 1. The number of carbonyl (C=O) groups excluding carboxylic acids is 1. The lowest BCUT2D eigenvalue weighted by molar-refractivity contribution is 0.102. The van der Waals surface area contributed by atoms with Crippen LogP contribution in [-0.4, -0.2) is 11.0 Å². The lowest BCUT2D eigenvalue weighted by Gasteiger charge is -2.08. The van der Waals surface area contributed by atoms with E-state index in [0.29, 0.717) is 16.3 Å². The summed E-state index contributed by atoms with van der Waals surface area (Å²) in [6.07, 6.45) is 0. The van der Waals surface area contributed by atoms with Gasteiger partial charge in [-0.25, -0.2) is 0 Å². The zero-order valence-corrected chi connectivity index (χ0v) is 12.6. The molecule has 0 saturated heterocycles. The monoisotopic (exact) mass is 359 g/mol. The van der Waals surface area contributed by atoms with E-state index < -0.39 is 0 Å². The number of nitrogens with one attached hydrogen (secondary N) is 1. The minimum Gasteiger partial charge on any atom is -0.506 e. The van der Waals surface area contributed by atoms with E-state index in [1.807, 2.05) is 0 Å². The number of amides is 1. The van der Waals surface area contributed by atoms with Crippen molar-refractivity contribution in [2.45, 2.75) is 0 Å². The van der Waals surface area contributed by atoms with Crippen LogP contribution in [0.15, 0.2) is 40.9 Å². The van der Waals surface area contributed by atoms with Crippen molar-refractivity contribution in [1.29, 1.82) is 0 Å². The van der Waals surface area contributed by atoms with Crippen molar-refractivity contribution in [3.05, 3.63) is 56.5 Å². The van der Waals surface area contributed by atoms with Gasteiger partial charge in [-0.05, 0) is 36.4 Å². The maximum atomic E-state index is 12.0. The van der Waals surface area contributed by atoms with E-state index in [0.717, 1.165) is 4.47 Å². The molecule has 0 aliphatic heterocycles. The number of hydrogen-bond donors (Lipinski definition) is 2. The molecule has 19 heavy (non-hydrogen) atoms. The molecule has 0 aliphatic carbocycles. The van der Waals surface area contributed by atoms with Gasteiger partial charge in [0.05, 0.1) is 15.7 Å². The summed E-state index contributed by atoms with van der Waals surface area (Å²) in [7, 11) is 0. The van der Waals surface area contributed by atoms with Crippen LogP contribution < -0.4 is 5.32 Å². The lowest BCUT2D eigenvalue weighted by atomic mass is 10.2. The third kappa shape index (κ3) is 3.41. The number of carbonyl (C=O) groups is 1. The molecule has 0 radical (unpaired) electrons. The Morgan fingerprint density at radius 2 is 1.84 bits per heavy atom. The molecule has 0 saturated carbocycles. The second-order valence-corrected chi connectivity index (χ2v) is 5.47. The first-order chi connectivity index (χ1) is 8.97. The van der Waals surface area contributed by atoms with Gasteiger partial charge >= 0.3 is 0 Å². The van der Waals surface area contributed by atoms with E-state index in [9.17, 15) is 9.90 Å². The minimum absolute atomic E-state index is 0.0695. The highest BCUT2D eigenvalue weighted by Crippen LogP contribution is 2.27. The SMILES string of the molecule is O=C(Nc1ccc(Br)cc1Cl)c1ccc(O)c(Cl)c1. The number of halogens is 3. The molecule has 0 unspecified atom stereocenters. The van der Waals surface area contributed by atoms with Crippen LogP contribution >= 0.6 is 39.1 Å². The second-order valence-electron chi connectivity index (χ2n) is 3.74. The van der Waals surface area contributed by atoms with Gasteiger partial charge in [-0.3, -0.25) is 4.79 Å².